The highest BCUT2D eigenvalue weighted by Gasteiger charge is 2.51. The van der Waals surface area contributed by atoms with Gasteiger partial charge in [-0.15, -0.1) is 0 Å². The number of aryl methyl sites for hydroxylation is 1. The van der Waals surface area contributed by atoms with E-state index in [-0.39, 0.29) is 11.6 Å². The normalized spacial score (nSPS) is 17.4. The number of sulfonamides is 1. The number of hydrogen-bond donors (Lipinski definition) is 2. The van der Waals surface area contributed by atoms with Crippen molar-refractivity contribution in [1.82, 2.24) is 0 Å². The highest BCUT2D eigenvalue weighted by molar-refractivity contribution is 7.92. The number of nitrogens with one attached hydrogen (secondary N) is 2. The van der Waals surface area contributed by atoms with Crippen LogP contribution in [0.2, 0.25) is 0 Å². The van der Waals surface area contributed by atoms with Crippen molar-refractivity contribution in [2.45, 2.75) is 42.9 Å². The third-order valence-corrected chi connectivity index (χ3v) is 6.85. The molecule has 142 valence electrons. The second kappa shape index (κ2) is 6.02. The minimum Gasteiger partial charge on any atom is -0.325 e. The first-order valence-corrected chi connectivity index (χ1v) is 10.2. The SMILES string of the molecule is CCc1cc(NS(=O)(=O)c2ccc(F)cc2F)cc2c1NC(=O)C21CCC1. The highest BCUT2D eigenvalue weighted by atomic mass is 32.2. The summed E-state index contributed by atoms with van der Waals surface area (Å²) in [5.74, 6) is -2.07. The summed E-state index contributed by atoms with van der Waals surface area (Å²) in [5.41, 5.74) is 2.01. The van der Waals surface area contributed by atoms with E-state index >= 15 is 0 Å². The monoisotopic (exact) mass is 392 g/mol. The van der Waals surface area contributed by atoms with Crippen LogP contribution in [0.15, 0.2) is 35.2 Å². The van der Waals surface area contributed by atoms with E-state index in [2.05, 4.69) is 10.0 Å². The Balaban J connectivity index is 1.76. The third-order valence-electron chi connectivity index (χ3n) is 5.43. The summed E-state index contributed by atoms with van der Waals surface area (Å²) in [6.45, 7) is 1.91. The van der Waals surface area contributed by atoms with Crippen molar-refractivity contribution in [3.8, 4) is 0 Å². The molecule has 8 heteroatoms. The summed E-state index contributed by atoms with van der Waals surface area (Å²) in [6, 6.07) is 5.59. The Morgan fingerprint density at radius 3 is 2.52 bits per heavy atom. The molecule has 4 rings (SSSR count). The number of rotatable bonds is 4. The number of benzene rings is 2. The Kier molecular flexibility index (Phi) is 3.99. The van der Waals surface area contributed by atoms with Crippen LogP contribution in [0.3, 0.4) is 0 Å². The van der Waals surface area contributed by atoms with Gasteiger partial charge in [-0.1, -0.05) is 13.3 Å². The quantitative estimate of drug-likeness (QED) is 0.833. The Hall–Kier alpha value is -2.48. The number of fused-ring (bicyclic) bond motifs is 2. The summed E-state index contributed by atoms with van der Waals surface area (Å²) < 4.78 is 54.6. The van der Waals surface area contributed by atoms with Crippen molar-refractivity contribution in [3.05, 3.63) is 53.1 Å². The number of anilines is 2. The van der Waals surface area contributed by atoms with E-state index in [1.54, 1.807) is 12.1 Å². The largest absolute Gasteiger partial charge is 0.325 e. The number of carbonyl (C=O) groups excluding carboxylic acids is 1. The van der Waals surface area contributed by atoms with E-state index in [1.165, 1.54) is 0 Å². The molecule has 2 N–H and O–H groups in total. The first kappa shape index (κ1) is 17.9. The summed E-state index contributed by atoms with van der Waals surface area (Å²) in [4.78, 5) is 11.8. The number of halogens is 2. The van der Waals surface area contributed by atoms with Crippen LogP contribution < -0.4 is 10.0 Å². The molecule has 5 nitrogen and oxygen atoms in total. The van der Waals surface area contributed by atoms with Gasteiger partial charge >= 0.3 is 0 Å². The molecule has 1 spiro atoms. The molecule has 0 aromatic heterocycles. The van der Waals surface area contributed by atoms with Gasteiger partial charge in [0.1, 0.15) is 16.5 Å². The zero-order valence-corrected chi connectivity index (χ0v) is 15.4. The van der Waals surface area contributed by atoms with Crippen LogP contribution in [-0.4, -0.2) is 14.3 Å². The molecule has 2 aliphatic rings. The molecule has 0 unspecified atom stereocenters. The van der Waals surface area contributed by atoms with Crippen LogP contribution in [0.1, 0.15) is 37.3 Å². The highest BCUT2D eigenvalue weighted by Crippen LogP contribution is 2.52. The number of hydrogen-bond acceptors (Lipinski definition) is 3. The maximum atomic E-state index is 13.9. The molecule has 1 heterocycles. The van der Waals surface area contributed by atoms with Gasteiger partial charge in [0, 0.05) is 17.4 Å². The fourth-order valence-corrected chi connectivity index (χ4v) is 4.95. The molecule has 2 aromatic rings. The summed E-state index contributed by atoms with van der Waals surface area (Å²) >= 11 is 0. The van der Waals surface area contributed by atoms with E-state index in [0.717, 1.165) is 48.2 Å². The van der Waals surface area contributed by atoms with Crippen molar-refractivity contribution < 1.29 is 22.0 Å². The van der Waals surface area contributed by atoms with Crippen LogP contribution in [0.5, 0.6) is 0 Å². The molecule has 1 amide bonds. The predicted octanol–water partition coefficient (Wildman–Crippen LogP) is 3.70. The van der Waals surface area contributed by atoms with Crippen LogP contribution in [0.4, 0.5) is 20.2 Å². The van der Waals surface area contributed by atoms with Gasteiger partial charge in [-0.05, 0) is 54.7 Å². The molecule has 0 saturated heterocycles. The van der Waals surface area contributed by atoms with Crippen molar-refractivity contribution in [2.24, 2.45) is 0 Å². The molecular formula is C19H18F2N2O3S. The van der Waals surface area contributed by atoms with Crippen molar-refractivity contribution in [3.63, 3.8) is 0 Å². The molecule has 0 radical (unpaired) electrons. The van der Waals surface area contributed by atoms with E-state index in [1.807, 2.05) is 6.92 Å². The second-order valence-corrected chi connectivity index (χ2v) is 8.63. The Morgan fingerprint density at radius 1 is 1.19 bits per heavy atom. The van der Waals surface area contributed by atoms with E-state index in [0.29, 0.717) is 12.5 Å². The van der Waals surface area contributed by atoms with Gasteiger partial charge < -0.3 is 5.32 Å². The van der Waals surface area contributed by atoms with Gasteiger partial charge in [-0.3, -0.25) is 9.52 Å². The van der Waals surface area contributed by atoms with E-state index in [4.69, 9.17) is 0 Å². The maximum absolute atomic E-state index is 13.9. The molecule has 1 saturated carbocycles. The molecule has 27 heavy (non-hydrogen) atoms. The molecule has 2 aromatic carbocycles. The van der Waals surface area contributed by atoms with Crippen molar-refractivity contribution >= 4 is 27.3 Å². The maximum Gasteiger partial charge on any atom is 0.264 e. The standard InChI is InChI=1S/C19H18F2N2O3S/c1-2-11-8-13(10-14-17(11)22-18(24)19(14)6-3-7-19)23-27(25,26)16-5-4-12(20)9-15(16)21/h4-5,8-10,23H,2-3,6-7H2,1H3,(H,22,24). The zero-order valence-electron chi connectivity index (χ0n) is 14.6. The van der Waals surface area contributed by atoms with Gasteiger partial charge in [-0.25, -0.2) is 17.2 Å². The molecule has 1 aliphatic carbocycles. The first-order chi connectivity index (χ1) is 12.8. The molecule has 0 atom stereocenters. The molecule has 0 bridgehead atoms. The fraction of sp³-hybridized carbons (Fsp3) is 0.316. The topological polar surface area (TPSA) is 75.3 Å². The number of carbonyl (C=O) groups is 1. The Labute approximate surface area is 155 Å². The first-order valence-electron chi connectivity index (χ1n) is 8.73. The fourth-order valence-electron chi connectivity index (χ4n) is 3.85. The lowest BCUT2D eigenvalue weighted by Crippen LogP contribution is -2.40. The average molecular weight is 392 g/mol. The van der Waals surface area contributed by atoms with Gasteiger partial charge in [0.2, 0.25) is 5.91 Å². The van der Waals surface area contributed by atoms with E-state index < -0.39 is 32.0 Å². The third kappa shape index (κ3) is 2.70. The van der Waals surface area contributed by atoms with Crippen LogP contribution in [0.25, 0.3) is 0 Å². The minimum absolute atomic E-state index is 0.0527. The van der Waals surface area contributed by atoms with Gasteiger partial charge in [0.15, 0.2) is 0 Å². The van der Waals surface area contributed by atoms with Crippen LogP contribution >= 0.6 is 0 Å². The van der Waals surface area contributed by atoms with Crippen LogP contribution in [-0.2, 0) is 26.7 Å². The lowest BCUT2D eigenvalue weighted by atomic mass is 9.65. The van der Waals surface area contributed by atoms with Crippen molar-refractivity contribution in [1.29, 1.82) is 0 Å². The minimum atomic E-state index is -4.24. The van der Waals surface area contributed by atoms with Gasteiger partial charge in [-0.2, -0.15) is 0 Å². The predicted molar refractivity (Wildman–Crippen MR) is 97.1 cm³/mol. The van der Waals surface area contributed by atoms with E-state index in [9.17, 15) is 22.0 Å². The smallest absolute Gasteiger partial charge is 0.264 e. The summed E-state index contributed by atoms with van der Waals surface area (Å²) in [5, 5.41) is 2.93. The van der Waals surface area contributed by atoms with Crippen LogP contribution in [0, 0.1) is 11.6 Å². The van der Waals surface area contributed by atoms with Gasteiger partial charge in [0.05, 0.1) is 5.41 Å². The molecular weight excluding hydrogens is 374 g/mol. The summed E-state index contributed by atoms with van der Waals surface area (Å²) in [7, 11) is -4.24. The van der Waals surface area contributed by atoms with Crippen molar-refractivity contribution in [2.75, 3.05) is 10.0 Å². The Morgan fingerprint density at radius 2 is 1.93 bits per heavy atom. The lowest BCUT2D eigenvalue weighted by Gasteiger charge is -2.36. The summed E-state index contributed by atoms with van der Waals surface area (Å²) in [6.07, 6.45) is 2.97. The molecule has 1 fully saturated rings. The average Bonchev–Trinajstić information content (AvgIpc) is 2.85. The van der Waals surface area contributed by atoms with Gasteiger partial charge in [0.25, 0.3) is 10.0 Å². The molecule has 1 aliphatic heterocycles. The Bertz CT molecular complexity index is 1060. The zero-order chi connectivity index (χ0) is 19.4. The lowest BCUT2D eigenvalue weighted by molar-refractivity contribution is -0.123. The second-order valence-electron chi connectivity index (χ2n) is 6.98. The number of amides is 1.